The average Bonchev–Trinajstić information content (AvgIpc) is 3.08. The van der Waals surface area contributed by atoms with Gasteiger partial charge in [0, 0.05) is 34.3 Å². The first-order valence-electron chi connectivity index (χ1n) is 9.72. The van der Waals surface area contributed by atoms with Gasteiger partial charge in [-0.2, -0.15) is 5.10 Å². The van der Waals surface area contributed by atoms with Gasteiger partial charge in [0.1, 0.15) is 11.1 Å². The molecule has 2 aromatic heterocycles. The number of hydrogen-bond acceptors (Lipinski definition) is 6. The molecule has 0 fully saturated rings. The summed E-state index contributed by atoms with van der Waals surface area (Å²) < 4.78 is 12.9. The number of ether oxygens (including phenoxy) is 2. The van der Waals surface area contributed by atoms with Crippen LogP contribution in [0.25, 0.3) is 0 Å². The predicted octanol–water partition coefficient (Wildman–Crippen LogP) is 6.23. The first-order chi connectivity index (χ1) is 14.8. The Bertz CT molecular complexity index is 1040. The molecule has 3 aromatic rings. The monoisotopic (exact) mass is 479 g/mol. The van der Waals surface area contributed by atoms with Crippen LogP contribution in [-0.4, -0.2) is 34.5 Å². The molecule has 0 aliphatic heterocycles. The lowest BCUT2D eigenvalue weighted by Crippen LogP contribution is -2.13. The lowest BCUT2D eigenvalue weighted by molar-refractivity contribution is 0.0509. The van der Waals surface area contributed by atoms with Gasteiger partial charge in [0.25, 0.3) is 0 Å². The summed E-state index contributed by atoms with van der Waals surface area (Å²) in [6, 6.07) is 10.8. The predicted molar refractivity (Wildman–Crippen MR) is 122 cm³/mol. The van der Waals surface area contributed by atoms with Crippen molar-refractivity contribution >= 4 is 40.9 Å². The number of pyridine rings is 1. The summed E-state index contributed by atoms with van der Waals surface area (Å²) in [5, 5.41) is 6.38. The Morgan fingerprint density at radius 2 is 1.90 bits per heavy atom. The van der Waals surface area contributed by atoms with Gasteiger partial charge >= 0.3 is 5.97 Å². The van der Waals surface area contributed by atoms with Gasteiger partial charge in [-0.3, -0.25) is 9.67 Å². The maximum absolute atomic E-state index is 12.8. The summed E-state index contributed by atoms with van der Waals surface area (Å²) in [5.41, 5.74) is 1.45. The van der Waals surface area contributed by atoms with Gasteiger partial charge < -0.3 is 9.47 Å². The SMILES string of the molecule is CCOC(=O)c1nn(C(C)C)c(Sc2cc(Cl)cc(Cl)c2)c1C(OC)c1ccccn1. The highest BCUT2D eigenvalue weighted by Crippen LogP contribution is 2.41. The fourth-order valence-corrected chi connectivity index (χ4v) is 5.00. The molecule has 0 aliphatic rings. The summed E-state index contributed by atoms with van der Waals surface area (Å²) in [6.45, 7) is 5.97. The van der Waals surface area contributed by atoms with Crippen LogP contribution in [0.4, 0.5) is 0 Å². The van der Waals surface area contributed by atoms with Crippen LogP contribution >= 0.6 is 35.0 Å². The molecule has 0 saturated heterocycles. The Labute approximate surface area is 195 Å². The summed E-state index contributed by atoms with van der Waals surface area (Å²) in [6.07, 6.45) is 1.06. The van der Waals surface area contributed by atoms with Crippen LogP contribution < -0.4 is 0 Å². The highest BCUT2D eigenvalue weighted by Gasteiger charge is 2.32. The fourth-order valence-electron chi connectivity index (χ4n) is 3.09. The molecule has 0 N–H and O–H groups in total. The van der Waals surface area contributed by atoms with Gasteiger partial charge in [-0.1, -0.05) is 41.0 Å². The van der Waals surface area contributed by atoms with Crippen molar-refractivity contribution in [1.82, 2.24) is 14.8 Å². The fraction of sp³-hybridized carbons (Fsp3) is 0.318. The molecule has 2 heterocycles. The molecule has 3 rings (SSSR count). The van der Waals surface area contributed by atoms with Gasteiger partial charge in [0.2, 0.25) is 0 Å². The highest BCUT2D eigenvalue weighted by molar-refractivity contribution is 7.99. The van der Waals surface area contributed by atoms with E-state index in [1.165, 1.54) is 11.8 Å². The Hall–Kier alpha value is -2.06. The van der Waals surface area contributed by atoms with Crippen molar-refractivity contribution in [1.29, 1.82) is 0 Å². The molecule has 1 unspecified atom stereocenters. The Kier molecular flexibility index (Phi) is 8.00. The first kappa shape index (κ1) is 23.6. The van der Waals surface area contributed by atoms with Crippen molar-refractivity contribution in [2.24, 2.45) is 0 Å². The van der Waals surface area contributed by atoms with Crippen LogP contribution in [0.3, 0.4) is 0 Å². The van der Waals surface area contributed by atoms with Crippen molar-refractivity contribution in [3.8, 4) is 0 Å². The lowest BCUT2D eigenvalue weighted by atomic mass is 10.1. The van der Waals surface area contributed by atoms with Crippen LogP contribution in [-0.2, 0) is 9.47 Å². The third kappa shape index (κ3) is 5.41. The summed E-state index contributed by atoms with van der Waals surface area (Å²) in [4.78, 5) is 18.1. The van der Waals surface area contributed by atoms with E-state index in [1.54, 1.807) is 31.0 Å². The Balaban J connectivity index is 2.24. The standard InChI is InChI=1S/C22H23Cl2N3O3S/c1-5-30-22(28)19-18(20(29-4)17-8-6-7-9-25-17)21(27(26-19)13(2)3)31-16-11-14(23)10-15(24)12-16/h6-13,20H,5H2,1-4H3. The normalized spacial score (nSPS) is 12.2. The number of nitrogens with zero attached hydrogens (tertiary/aromatic N) is 3. The van der Waals surface area contributed by atoms with Crippen molar-refractivity contribution in [2.75, 3.05) is 13.7 Å². The number of rotatable bonds is 8. The quantitative estimate of drug-likeness (QED) is 0.356. The van der Waals surface area contributed by atoms with E-state index in [0.29, 0.717) is 21.3 Å². The van der Waals surface area contributed by atoms with Gasteiger partial charge in [-0.25, -0.2) is 4.79 Å². The second kappa shape index (κ2) is 10.5. The van der Waals surface area contributed by atoms with E-state index >= 15 is 0 Å². The topological polar surface area (TPSA) is 66.2 Å². The first-order valence-corrected chi connectivity index (χ1v) is 11.3. The zero-order valence-corrected chi connectivity index (χ0v) is 20.0. The zero-order chi connectivity index (χ0) is 22.5. The number of benzene rings is 1. The van der Waals surface area contributed by atoms with Crippen LogP contribution in [0.15, 0.2) is 52.5 Å². The van der Waals surface area contributed by atoms with E-state index in [1.807, 2.05) is 44.2 Å². The minimum atomic E-state index is -0.620. The number of aromatic nitrogens is 3. The number of esters is 1. The summed E-state index contributed by atoms with van der Waals surface area (Å²) >= 11 is 13.8. The smallest absolute Gasteiger partial charge is 0.359 e. The molecule has 1 aromatic carbocycles. The van der Waals surface area contributed by atoms with Gasteiger partial charge in [0.05, 0.1) is 17.9 Å². The van der Waals surface area contributed by atoms with E-state index in [0.717, 1.165) is 9.92 Å². The third-order valence-corrected chi connectivity index (χ3v) is 5.87. The summed E-state index contributed by atoms with van der Waals surface area (Å²) in [5.74, 6) is -0.513. The molecular weight excluding hydrogens is 457 g/mol. The van der Waals surface area contributed by atoms with E-state index in [2.05, 4.69) is 10.1 Å². The lowest BCUT2D eigenvalue weighted by Gasteiger charge is -2.18. The van der Waals surface area contributed by atoms with E-state index in [4.69, 9.17) is 32.7 Å². The Morgan fingerprint density at radius 3 is 2.45 bits per heavy atom. The van der Waals surface area contributed by atoms with Crippen LogP contribution in [0.5, 0.6) is 0 Å². The number of carbonyl (C=O) groups is 1. The maximum Gasteiger partial charge on any atom is 0.359 e. The third-order valence-electron chi connectivity index (χ3n) is 4.36. The zero-order valence-electron chi connectivity index (χ0n) is 17.6. The molecule has 0 radical (unpaired) electrons. The molecule has 0 spiro atoms. The number of halogens is 2. The highest BCUT2D eigenvalue weighted by atomic mass is 35.5. The molecule has 9 heteroatoms. The molecule has 164 valence electrons. The van der Waals surface area contributed by atoms with Gasteiger partial charge in [-0.05, 0) is 51.1 Å². The molecule has 0 aliphatic carbocycles. The van der Waals surface area contributed by atoms with Crippen molar-refractivity contribution in [2.45, 2.75) is 42.8 Å². The van der Waals surface area contributed by atoms with E-state index < -0.39 is 12.1 Å². The molecule has 6 nitrogen and oxygen atoms in total. The average molecular weight is 480 g/mol. The second-order valence-electron chi connectivity index (χ2n) is 6.90. The van der Waals surface area contributed by atoms with Crippen molar-refractivity contribution in [3.63, 3.8) is 0 Å². The van der Waals surface area contributed by atoms with Gasteiger partial charge in [0.15, 0.2) is 5.69 Å². The molecule has 0 amide bonds. The maximum atomic E-state index is 12.8. The molecular formula is C22H23Cl2N3O3S. The molecule has 0 saturated carbocycles. The molecule has 31 heavy (non-hydrogen) atoms. The number of methoxy groups -OCH3 is 1. The van der Waals surface area contributed by atoms with Crippen LogP contribution in [0.1, 0.15) is 54.7 Å². The number of hydrogen-bond donors (Lipinski definition) is 0. The van der Waals surface area contributed by atoms with Crippen molar-refractivity contribution in [3.05, 3.63) is 69.6 Å². The van der Waals surface area contributed by atoms with E-state index in [-0.39, 0.29) is 18.3 Å². The molecule has 1 atom stereocenters. The minimum absolute atomic E-state index is 0.0275. The second-order valence-corrected chi connectivity index (χ2v) is 8.84. The summed E-state index contributed by atoms with van der Waals surface area (Å²) in [7, 11) is 1.58. The largest absolute Gasteiger partial charge is 0.461 e. The van der Waals surface area contributed by atoms with Crippen LogP contribution in [0, 0.1) is 0 Å². The van der Waals surface area contributed by atoms with Crippen LogP contribution in [0.2, 0.25) is 10.0 Å². The van der Waals surface area contributed by atoms with Gasteiger partial charge in [-0.15, -0.1) is 0 Å². The minimum Gasteiger partial charge on any atom is -0.461 e. The number of carbonyl (C=O) groups excluding carboxylic acids is 1. The molecule has 0 bridgehead atoms. The van der Waals surface area contributed by atoms with E-state index in [9.17, 15) is 4.79 Å². The van der Waals surface area contributed by atoms with Crippen molar-refractivity contribution < 1.29 is 14.3 Å². The Morgan fingerprint density at radius 1 is 1.19 bits per heavy atom.